The number of Topliss-reactive ketones (excluding diaryl/α,β-unsaturated/α-hetero) is 1. The van der Waals surface area contributed by atoms with Crippen LogP contribution in [0.1, 0.15) is 42.7 Å². The van der Waals surface area contributed by atoms with Gasteiger partial charge in [-0.25, -0.2) is 0 Å². The first kappa shape index (κ1) is 17.9. The van der Waals surface area contributed by atoms with Crippen molar-refractivity contribution in [1.82, 2.24) is 4.90 Å². The fourth-order valence-corrected chi connectivity index (χ4v) is 3.92. The lowest BCUT2D eigenvalue weighted by Crippen LogP contribution is -2.31. The zero-order valence-electron chi connectivity index (χ0n) is 15.2. The monoisotopic (exact) mass is 335 g/mol. The molecule has 2 atom stereocenters. The van der Waals surface area contributed by atoms with Crippen LogP contribution in [0.5, 0.6) is 0 Å². The minimum atomic E-state index is 0.203. The van der Waals surface area contributed by atoms with Gasteiger partial charge in [-0.1, -0.05) is 67.1 Å². The maximum Gasteiger partial charge on any atom is 0.137 e. The second-order valence-electron chi connectivity index (χ2n) is 7.40. The van der Waals surface area contributed by atoms with Crippen LogP contribution in [0.4, 0.5) is 0 Å². The molecule has 0 radical (unpaired) electrons. The van der Waals surface area contributed by atoms with Gasteiger partial charge in [0.25, 0.3) is 0 Å². The summed E-state index contributed by atoms with van der Waals surface area (Å²) in [4.78, 5) is 15.1. The first-order chi connectivity index (χ1) is 12.2. The Labute approximate surface area is 151 Å². The van der Waals surface area contributed by atoms with Gasteiger partial charge < -0.3 is 4.90 Å². The van der Waals surface area contributed by atoms with Crippen molar-refractivity contribution in [3.63, 3.8) is 0 Å². The molecular weight excluding hydrogens is 306 g/mol. The molecule has 0 aromatic heterocycles. The molecule has 0 N–H and O–H groups in total. The molecule has 2 aromatic carbocycles. The summed E-state index contributed by atoms with van der Waals surface area (Å²) in [5.74, 6) is 1.07. The lowest BCUT2D eigenvalue weighted by atomic mass is 9.90. The van der Waals surface area contributed by atoms with E-state index in [0.29, 0.717) is 18.1 Å². The van der Waals surface area contributed by atoms with E-state index in [4.69, 9.17) is 0 Å². The molecule has 1 saturated carbocycles. The Hall–Kier alpha value is -1.93. The van der Waals surface area contributed by atoms with Crippen LogP contribution >= 0.6 is 0 Å². The third-order valence-corrected chi connectivity index (χ3v) is 5.44. The Morgan fingerprint density at radius 3 is 2.36 bits per heavy atom. The predicted octanol–water partition coefficient (Wildman–Crippen LogP) is 4.70. The largest absolute Gasteiger partial charge is 0.305 e. The first-order valence-corrected chi connectivity index (χ1v) is 9.52. The highest BCUT2D eigenvalue weighted by molar-refractivity contribution is 5.82. The average molecular weight is 335 g/mol. The average Bonchev–Trinajstić information content (AvgIpc) is 2.83. The molecule has 3 rings (SSSR count). The van der Waals surface area contributed by atoms with Crippen LogP contribution in [0.15, 0.2) is 60.7 Å². The number of carbonyl (C=O) groups excluding carboxylic acids is 1. The van der Waals surface area contributed by atoms with E-state index >= 15 is 0 Å². The van der Waals surface area contributed by atoms with Gasteiger partial charge in [-0.3, -0.25) is 4.79 Å². The number of nitrogens with zero attached hydrogens (tertiary/aromatic N) is 1. The van der Waals surface area contributed by atoms with Gasteiger partial charge in [0.05, 0.1) is 0 Å². The third kappa shape index (κ3) is 5.27. The zero-order valence-corrected chi connectivity index (χ0v) is 15.2. The topological polar surface area (TPSA) is 20.3 Å². The number of hydrogen-bond donors (Lipinski definition) is 0. The summed E-state index contributed by atoms with van der Waals surface area (Å²) >= 11 is 0. The molecule has 0 aliphatic heterocycles. The van der Waals surface area contributed by atoms with E-state index < -0.39 is 0 Å². The van der Waals surface area contributed by atoms with Crippen molar-refractivity contribution in [2.24, 2.45) is 5.92 Å². The minimum absolute atomic E-state index is 0.203. The number of ketones is 1. The number of carbonyl (C=O) groups is 1. The number of rotatable bonds is 6. The molecule has 25 heavy (non-hydrogen) atoms. The normalized spacial score (nSPS) is 21.3. The van der Waals surface area contributed by atoms with Gasteiger partial charge in [0.15, 0.2) is 0 Å². The molecule has 132 valence electrons. The van der Waals surface area contributed by atoms with Crippen molar-refractivity contribution in [2.45, 2.75) is 38.0 Å². The highest BCUT2D eigenvalue weighted by atomic mass is 16.1. The van der Waals surface area contributed by atoms with E-state index in [1.165, 1.54) is 11.1 Å². The molecule has 1 fully saturated rings. The van der Waals surface area contributed by atoms with Crippen LogP contribution in [0.2, 0.25) is 0 Å². The molecular formula is C23H29NO. The Bertz CT molecular complexity index is 652. The zero-order chi connectivity index (χ0) is 17.5. The second-order valence-corrected chi connectivity index (χ2v) is 7.40. The van der Waals surface area contributed by atoms with Gasteiger partial charge in [-0.15, -0.1) is 0 Å². The van der Waals surface area contributed by atoms with Crippen molar-refractivity contribution in [3.05, 3.63) is 71.8 Å². The van der Waals surface area contributed by atoms with Gasteiger partial charge in [0, 0.05) is 25.4 Å². The molecule has 2 aromatic rings. The molecule has 2 heteroatoms. The fraction of sp³-hybridized carbons (Fsp3) is 0.435. The summed E-state index contributed by atoms with van der Waals surface area (Å²) in [7, 11) is 2.15. The van der Waals surface area contributed by atoms with Crippen molar-refractivity contribution < 1.29 is 4.79 Å². The molecule has 1 aliphatic rings. The molecule has 0 bridgehead atoms. The number of likely N-dealkylation sites (N-methyl/N-ethyl adjacent to an activating group) is 1. The summed E-state index contributed by atoms with van der Waals surface area (Å²) in [5, 5.41) is 0. The maximum atomic E-state index is 12.8. The lowest BCUT2D eigenvalue weighted by Gasteiger charge is -2.22. The summed E-state index contributed by atoms with van der Waals surface area (Å²) in [5.41, 5.74) is 2.69. The highest BCUT2D eigenvalue weighted by Crippen LogP contribution is 2.32. The van der Waals surface area contributed by atoms with Crippen molar-refractivity contribution in [3.8, 4) is 0 Å². The predicted molar refractivity (Wildman–Crippen MR) is 104 cm³/mol. The smallest absolute Gasteiger partial charge is 0.137 e. The van der Waals surface area contributed by atoms with E-state index in [-0.39, 0.29) is 5.92 Å². The van der Waals surface area contributed by atoms with Crippen LogP contribution in [0.3, 0.4) is 0 Å². The van der Waals surface area contributed by atoms with Crippen molar-refractivity contribution in [2.75, 3.05) is 20.1 Å². The van der Waals surface area contributed by atoms with Gasteiger partial charge in [-0.2, -0.15) is 0 Å². The second kappa shape index (κ2) is 8.96. The molecule has 2 unspecified atom stereocenters. The summed E-state index contributed by atoms with van der Waals surface area (Å²) in [6, 6.07) is 21.1. The quantitative estimate of drug-likeness (QED) is 0.713. The summed E-state index contributed by atoms with van der Waals surface area (Å²) < 4.78 is 0. The van der Waals surface area contributed by atoms with Crippen LogP contribution in [0.25, 0.3) is 0 Å². The Kier molecular flexibility index (Phi) is 6.41. The van der Waals surface area contributed by atoms with Gasteiger partial charge in [0.1, 0.15) is 5.78 Å². The fourth-order valence-electron chi connectivity index (χ4n) is 3.92. The van der Waals surface area contributed by atoms with E-state index in [9.17, 15) is 4.79 Å². The van der Waals surface area contributed by atoms with Crippen molar-refractivity contribution in [1.29, 1.82) is 0 Å². The maximum absolute atomic E-state index is 12.8. The van der Waals surface area contributed by atoms with Crippen LogP contribution in [-0.4, -0.2) is 30.8 Å². The van der Waals surface area contributed by atoms with E-state index in [1.807, 2.05) is 6.07 Å². The molecule has 0 spiro atoms. The molecule has 0 heterocycles. The van der Waals surface area contributed by atoms with Crippen molar-refractivity contribution >= 4 is 5.78 Å². The first-order valence-electron chi connectivity index (χ1n) is 9.52. The highest BCUT2D eigenvalue weighted by Gasteiger charge is 2.27. The molecule has 0 amide bonds. The number of benzene rings is 2. The van der Waals surface area contributed by atoms with Crippen LogP contribution in [0, 0.1) is 5.92 Å². The minimum Gasteiger partial charge on any atom is -0.305 e. The summed E-state index contributed by atoms with van der Waals surface area (Å²) in [6.07, 6.45) is 5.09. The van der Waals surface area contributed by atoms with Crippen LogP contribution in [-0.2, 0) is 11.2 Å². The van der Waals surface area contributed by atoms with E-state index in [2.05, 4.69) is 66.5 Å². The number of hydrogen-bond acceptors (Lipinski definition) is 2. The lowest BCUT2D eigenvalue weighted by molar-refractivity contribution is -0.123. The molecule has 2 nitrogen and oxygen atoms in total. The molecule has 1 aliphatic carbocycles. The van der Waals surface area contributed by atoms with Gasteiger partial charge in [-0.05, 0) is 43.4 Å². The van der Waals surface area contributed by atoms with E-state index in [1.54, 1.807) is 0 Å². The Morgan fingerprint density at radius 1 is 0.960 bits per heavy atom. The standard InChI is InChI=1S/C23H29NO/c1-24(16-15-19-9-4-2-5-10-19)18-22-14-8-13-21(17-23(22)25)20-11-6-3-7-12-20/h2-7,9-12,21-22H,8,13-18H2,1H3. The van der Waals surface area contributed by atoms with Crippen LogP contribution < -0.4 is 0 Å². The van der Waals surface area contributed by atoms with Gasteiger partial charge >= 0.3 is 0 Å². The summed E-state index contributed by atoms with van der Waals surface area (Å²) in [6.45, 7) is 1.91. The van der Waals surface area contributed by atoms with E-state index in [0.717, 1.165) is 38.8 Å². The molecule has 0 saturated heterocycles. The Balaban J connectivity index is 1.51. The SMILES string of the molecule is CN(CCc1ccccc1)CC1CCCC(c2ccccc2)CC1=O. The third-order valence-electron chi connectivity index (χ3n) is 5.44. The van der Waals surface area contributed by atoms with Gasteiger partial charge in [0.2, 0.25) is 0 Å². The Morgan fingerprint density at radius 2 is 1.64 bits per heavy atom.